The average molecular weight is 532 g/mol. The summed E-state index contributed by atoms with van der Waals surface area (Å²) in [7, 11) is -4.51. The van der Waals surface area contributed by atoms with Crippen LogP contribution in [-0.2, 0) is 20.8 Å². The van der Waals surface area contributed by atoms with E-state index in [-0.39, 0.29) is 31.1 Å². The second-order valence-electron chi connectivity index (χ2n) is 8.45. The number of nitriles is 1. The van der Waals surface area contributed by atoms with E-state index in [9.17, 15) is 31.2 Å². The van der Waals surface area contributed by atoms with Crippen LogP contribution in [0.2, 0.25) is 0 Å². The molecule has 1 saturated carbocycles. The summed E-state index contributed by atoms with van der Waals surface area (Å²) in [5.74, 6) is -0.562. The highest BCUT2D eigenvalue weighted by Gasteiger charge is 2.48. The van der Waals surface area contributed by atoms with Crippen LogP contribution in [0.3, 0.4) is 0 Å². The Kier molecular flexibility index (Phi) is 7.05. The number of aromatic nitrogens is 2. The molecule has 0 bridgehead atoms. The number of halogens is 4. The van der Waals surface area contributed by atoms with E-state index in [1.807, 2.05) is 6.07 Å². The molecule has 0 unspecified atom stereocenters. The third kappa shape index (κ3) is 5.19. The summed E-state index contributed by atoms with van der Waals surface area (Å²) in [6, 6.07) is 6.08. The molecule has 188 valence electrons. The first-order chi connectivity index (χ1) is 15.9. The number of amides is 1. The maximum atomic E-state index is 13.9. The number of sulfone groups is 1. The molecule has 1 saturated heterocycles. The first kappa shape index (κ1) is 26.7. The average Bonchev–Trinajstić information content (AvgIpc) is 3.35. The van der Waals surface area contributed by atoms with Crippen molar-refractivity contribution in [3.63, 3.8) is 0 Å². The minimum absolute atomic E-state index is 0. The number of benzene rings is 1. The van der Waals surface area contributed by atoms with Crippen LogP contribution < -0.4 is 16.2 Å². The number of rotatable bonds is 5. The fourth-order valence-electron chi connectivity index (χ4n) is 3.84. The highest BCUT2D eigenvalue weighted by molar-refractivity contribution is 7.92. The van der Waals surface area contributed by atoms with Crippen molar-refractivity contribution in [2.75, 3.05) is 6.54 Å². The Balaban J connectivity index is 0.00000342. The van der Waals surface area contributed by atoms with Gasteiger partial charge in [-0.05, 0) is 50.5 Å². The molecule has 35 heavy (non-hydrogen) atoms. The minimum Gasteiger partial charge on any atom is -0.336 e. The molecule has 1 aliphatic heterocycles. The third-order valence-corrected chi connectivity index (χ3v) is 8.13. The summed E-state index contributed by atoms with van der Waals surface area (Å²) in [5.41, 5.74) is -2.89. The Morgan fingerprint density at radius 3 is 2.57 bits per heavy atom. The molecule has 4 rings (SSSR count). The largest absolute Gasteiger partial charge is 0.417 e. The Morgan fingerprint density at radius 1 is 1.29 bits per heavy atom. The van der Waals surface area contributed by atoms with Crippen LogP contribution in [0.15, 0.2) is 40.0 Å². The minimum atomic E-state index is -5.03. The van der Waals surface area contributed by atoms with Crippen LogP contribution in [0.4, 0.5) is 13.2 Å². The molecule has 2 fully saturated rings. The van der Waals surface area contributed by atoms with Crippen molar-refractivity contribution < 1.29 is 26.4 Å². The highest BCUT2D eigenvalue weighted by Crippen LogP contribution is 2.38. The van der Waals surface area contributed by atoms with Gasteiger partial charge in [-0.2, -0.15) is 28.2 Å². The molecule has 2 heterocycles. The molecular formula is C21H21ClF3N5O4S. The second-order valence-corrected chi connectivity index (χ2v) is 10.6. The lowest BCUT2D eigenvalue weighted by Crippen LogP contribution is -2.45. The SMILES string of the molecule is Cc1ccc(=O)n(-c2ccc(S(=O)(=O)[C@H]3CN[C@H](C(=O)NC4(C#N)CC4)C3)c(C(F)(F)F)c2)n1.Cl. The lowest BCUT2D eigenvalue weighted by Gasteiger charge is -2.18. The third-order valence-electron chi connectivity index (χ3n) is 5.93. The van der Waals surface area contributed by atoms with Crippen molar-refractivity contribution in [1.29, 1.82) is 5.26 Å². The van der Waals surface area contributed by atoms with E-state index in [4.69, 9.17) is 5.26 Å². The first-order valence-corrected chi connectivity index (χ1v) is 11.9. The molecule has 2 aliphatic rings. The first-order valence-electron chi connectivity index (χ1n) is 10.4. The van der Waals surface area contributed by atoms with Gasteiger partial charge in [-0.15, -0.1) is 12.4 Å². The van der Waals surface area contributed by atoms with Crippen LogP contribution in [0.25, 0.3) is 5.69 Å². The molecule has 9 nitrogen and oxygen atoms in total. The molecule has 2 N–H and O–H groups in total. The van der Waals surface area contributed by atoms with E-state index in [1.165, 1.54) is 6.07 Å². The summed E-state index contributed by atoms with van der Waals surface area (Å²) in [4.78, 5) is 23.6. The maximum Gasteiger partial charge on any atom is 0.417 e. The van der Waals surface area contributed by atoms with Gasteiger partial charge in [-0.1, -0.05) is 0 Å². The maximum absolute atomic E-state index is 13.9. The molecule has 1 aliphatic carbocycles. The van der Waals surface area contributed by atoms with Gasteiger partial charge < -0.3 is 10.6 Å². The van der Waals surface area contributed by atoms with Gasteiger partial charge in [0, 0.05) is 12.6 Å². The quantitative estimate of drug-likeness (QED) is 0.599. The summed E-state index contributed by atoms with van der Waals surface area (Å²) >= 11 is 0. The van der Waals surface area contributed by atoms with E-state index in [1.54, 1.807) is 6.92 Å². The fourth-order valence-corrected chi connectivity index (χ4v) is 5.70. The molecule has 1 aromatic heterocycles. The van der Waals surface area contributed by atoms with Crippen molar-refractivity contribution in [2.24, 2.45) is 0 Å². The van der Waals surface area contributed by atoms with Gasteiger partial charge in [-0.25, -0.2) is 8.42 Å². The number of aryl methyl sites for hydroxylation is 1. The Bertz CT molecular complexity index is 1370. The summed E-state index contributed by atoms with van der Waals surface area (Å²) in [5, 5.41) is 17.0. The number of hydrogen-bond acceptors (Lipinski definition) is 7. The predicted octanol–water partition coefficient (Wildman–Crippen LogP) is 1.66. The number of carbonyl (C=O) groups is 1. The lowest BCUT2D eigenvalue weighted by atomic mass is 10.2. The van der Waals surface area contributed by atoms with Crippen LogP contribution in [0.1, 0.15) is 30.5 Å². The van der Waals surface area contributed by atoms with Gasteiger partial charge in [0.05, 0.1) is 39.2 Å². The van der Waals surface area contributed by atoms with Crippen molar-refractivity contribution in [2.45, 2.75) is 54.1 Å². The summed E-state index contributed by atoms with van der Waals surface area (Å²) in [6.07, 6.45) is -4.29. The molecule has 2 atom stereocenters. The van der Waals surface area contributed by atoms with E-state index >= 15 is 0 Å². The summed E-state index contributed by atoms with van der Waals surface area (Å²) < 4.78 is 68.8. The fraction of sp³-hybridized carbons (Fsp3) is 0.429. The number of nitrogens with zero attached hydrogens (tertiary/aromatic N) is 3. The zero-order valence-electron chi connectivity index (χ0n) is 18.3. The van der Waals surface area contributed by atoms with Gasteiger partial charge in [0.2, 0.25) is 5.91 Å². The predicted molar refractivity (Wildman–Crippen MR) is 120 cm³/mol. The number of hydrogen-bond donors (Lipinski definition) is 2. The zero-order valence-corrected chi connectivity index (χ0v) is 19.9. The van der Waals surface area contributed by atoms with Crippen molar-refractivity contribution >= 4 is 28.2 Å². The smallest absolute Gasteiger partial charge is 0.336 e. The Morgan fingerprint density at radius 2 is 1.97 bits per heavy atom. The van der Waals surface area contributed by atoms with E-state index in [2.05, 4.69) is 15.7 Å². The molecule has 14 heteroatoms. The molecular weight excluding hydrogens is 511 g/mol. The van der Waals surface area contributed by atoms with Crippen LogP contribution in [-0.4, -0.2) is 47.5 Å². The van der Waals surface area contributed by atoms with Crippen molar-refractivity contribution in [3.8, 4) is 11.8 Å². The van der Waals surface area contributed by atoms with E-state index in [0.717, 1.165) is 22.9 Å². The topological polar surface area (TPSA) is 134 Å². The van der Waals surface area contributed by atoms with Crippen molar-refractivity contribution in [3.05, 3.63) is 51.9 Å². The molecule has 0 radical (unpaired) electrons. The van der Waals surface area contributed by atoms with Crippen LogP contribution in [0, 0.1) is 18.3 Å². The zero-order chi connectivity index (χ0) is 24.9. The highest BCUT2D eigenvalue weighted by atomic mass is 35.5. The van der Waals surface area contributed by atoms with Gasteiger partial charge >= 0.3 is 6.18 Å². The molecule has 1 amide bonds. The summed E-state index contributed by atoms with van der Waals surface area (Å²) in [6.45, 7) is 1.33. The van der Waals surface area contributed by atoms with Gasteiger partial charge in [0.1, 0.15) is 5.54 Å². The lowest BCUT2D eigenvalue weighted by molar-refractivity contribution is -0.139. The van der Waals surface area contributed by atoms with Crippen LogP contribution >= 0.6 is 12.4 Å². The Labute approximate surface area is 204 Å². The molecule has 2 aromatic rings. The number of carbonyl (C=O) groups excluding carboxylic acids is 1. The normalized spacial score (nSPS) is 21.0. The van der Waals surface area contributed by atoms with Crippen LogP contribution in [0.5, 0.6) is 0 Å². The van der Waals surface area contributed by atoms with Gasteiger partial charge in [-0.3, -0.25) is 9.59 Å². The monoisotopic (exact) mass is 531 g/mol. The van der Waals surface area contributed by atoms with E-state index < -0.39 is 54.8 Å². The Hall–Kier alpha value is -2.95. The van der Waals surface area contributed by atoms with Gasteiger partial charge in [0.15, 0.2) is 9.84 Å². The standard InChI is InChI=1S/C21H20F3N5O4S.ClH/c1-12-2-5-18(30)29(28-12)13-3-4-17(15(8-13)21(22,23)24)34(32,33)14-9-16(26-10-14)19(31)27-20(11-25)6-7-20;/h2-5,8,14,16,26H,6-7,9-10H2,1H3,(H,27,31);1H/t14-,16+;/m1./s1. The van der Waals surface area contributed by atoms with E-state index in [0.29, 0.717) is 24.6 Å². The number of alkyl halides is 3. The second kappa shape index (κ2) is 9.25. The molecule has 1 aromatic carbocycles. The van der Waals surface area contributed by atoms with Crippen molar-refractivity contribution in [1.82, 2.24) is 20.4 Å². The number of nitrogens with one attached hydrogen (secondary N) is 2. The molecule has 0 spiro atoms. The van der Waals surface area contributed by atoms with Gasteiger partial charge in [0.25, 0.3) is 5.56 Å².